The molecule has 0 aliphatic heterocycles. The van der Waals surface area contributed by atoms with E-state index < -0.39 is 0 Å². The maximum atomic E-state index is 5.85. The molecule has 0 radical (unpaired) electrons. The van der Waals surface area contributed by atoms with Crippen LogP contribution in [0.25, 0.3) is 0 Å². The number of allylic oxidation sites excluding steroid dienone is 1. The number of aromatic nitrogens is 1. The quantitative estimate of drug-likeness (QED) is 0.546. The Kier molecular flexibility index (Phi) is 7.19. The van der Waals surface area contributed by atoms with Crippen LogP contribution in [0.5, 0.6) is 5.75 Å². The van der Waals surface area contributed by atoms with Crippen LogP contribution >= 0.6 is 0 Å². The summed E-state index contributed by atoms with van der Waals surface area (Å²) in [6, 6.07) is 2.01. The van der Waals surface area contributed by atoms with Crippen LogP contribution in [0.3, 0.4) is 0 Å². The highest BCUT2D eigenvalue weighted by molar-refractivity contribution is 5.32. The minimum absolute atomic E-state index is 0.648. The van der Waals surface area contributed by atoms with Crippen molar-refractivity contribution in [2.45, 2.75) is 40.2 Å². The third kappa shape index (κ3) is 6.39. The maximum Gasteiger partial charge on any atom is 0.127 e. The fraction of sp³-hybridized carbons (Fsp3) is 0.562. The lowest BCUT2D eigenvalue weighted by Gasteiger charge is -2.13. The van der Waals surface area contributed by atoms with E-state index in [0.29, 0.717) is 5.92 Å². The van der Waals surface area contributed by atoms with Gasteiger partial charge in [-0.2, -0.15) is 0 Å². The highest BCUT2D eigenvalue weighted by atomic mass is 16.5. The molecule has 0 atom stereocenters. The average Bonchev–Trinajstić information content (AvgIpc) is 2.36. The second-order valence-electron chi connectivity index (χ2n) is 5.24. The normalized spacial score (nSPS) is 10.7. The van der Waals surface area contributed by atoms with E-state index in [1.165, 1.54) is 0 Å². The number of pyridine rings is 1. The topological polar surface area (TPSA) is 34.1 Å². The third-order valence-corrected chi connectivity index (χ3v) is 2.76. The van der Waals surface area contributed by atoms with E-state index >= 15 is 0 Å². The summed E-state index contributed by atoms with van der Waals surface area (Å²) in [6.07, 6.45) is 5.83. The smallest absolute Gasteiger partial charge is 0.127 e. The van der Waals surface area contributed by atoms with Crippen LogP contribution < -0.4 is 10.1 Å². The predicted molar refractivity (Wildman–Crippen MR) is 80.4 cm³/mol. The molecule has 0 saturated carbocycles. The SMILES string of the molecule is C=CCCCOc1cc(C)ncc1CNCC(C)C. The molecule has 1 aromatic rings. The summed E-state index contributed by atoms with van der Waals surface area (Å²) in [5.41, 5.74) is 2.12. The number of ether oxygens (including phenoxy) is 1. The number of nitrogens with zero attached hydrogens (tertiary/aromatic N) is 1. The third-order valence-electron chi connectivity index (χ3n) is 2.76. The Morgan fingerprint density at radius 2 is 2.26 bits per heavy atom. The van der Waals surface area contributed by atoms with Crippen molar-refractivity contribution in [3.05, 3.63) is 36.2 Å². The molecule has 106 valence electrons. The van der Waals surface area contributed by atoms with Crippen molar-refractivity contribution >= 4 is 0 Å². The Bertz CT molecular complexity index is 388. The summed E-state index contributed by atoms with van der Waals surface area (Å²) >= 11 is 0. The van der Waals surface area contributed by atoms with Crippen LogP contribution in [0, 0.1) is 12.8 Å². The Labute approximate surface area is 117 Å². The first kappa shape index (κ1) is 15.7. The van der Waals surface area contributed by atoms with Gasteiger partial charge in [0.25, 0.3) is 0 Å². The van der Waals surface area contributed by atoms with Gasteiger partial charge in [-0.15, -0.1) is 6.58 Å². The van der Waals surface area contributed by atoms with Crippen LogP contribution in [0.1, 0.15) is 37.9 Å². The van der Waals surface area contributed by atoms with Crippen LogP contribution in [-0.2, 0) is 6.54 Å². The van der Waals surface area contributed by atoms with Gasteiger partial charge >= 0.3 is 0 Å². The molecule has 0 fully saturated rings. The number of rotatable bonds is 9. The van der Waals surface area contributed by atoms with Gasteiger partial charge in [-0.3, -0.25) is 4.98 Å². The molecule has 0 spiro atoms. The van der Waals surface area contributed by atoms with Crippen molar-refractivity contribution in [3.8, 4) is 5.75 Å². The zero-order valence-electron chi connectivity index (χ0n) is 12.4. The molecule has 0 aromatic carbocycles. The molecule has 0 aliphatic carbocycles. The molecular formula is C16H26N2O. The Balaban J connectivity index is 2.55. The lowest BCUT2D eigenvalue weighted by Crippen LogP contribution is -2.19. The zero-order chi connectivity index (χ0) is 14.1. The highest BCUT2D eigenvalue weighted by Gasteiger charge is 2.05. The summed E-state index contributed by atoms with van der Waals surface area (Å²) in [4.78, 5) is 4.35. The minimum atomic E-state index is 0.648. The van der Waals surface area contributed by atoms with E-state index in [1.54, 1.807) is 0 Å². The van der Waals surface area contributed by atoms with E-state index in [9.17, 15) is 0 Å². The van der Waals surface area contributed by atoms with E-state index in [2.05, 4.69) is 30.7 Å². The van der Waals surface area contributed by atoms with Gasteiger partial charge < -0.3 is 10.1 Å². The first-order chi connectivity index (χ1) is 9.13. The lowest BCUT2D eigenvalue weighted by atomic mass is 10.2. The van der Waals surface area contributed by atoms with Crippen molar-refractivity contribution in [1.82, 2.24) is 10.3 Å². The molecule has 0 aliphatic rings. The number of nitrogens with one attached hydrogen (secondary N) is 1. The summed E-state index contributed by atoms with van der Waals surface area (Å²) in [5.74, 6) is 1.60. The van der Waals surface area contributed by atoms with Crippen molar-refractivity contribution in [2.75, 3.05) is 13.2 Å². The van der Waals surface area contributed by atoms with Crippen LogP contribution in [0.2, 0.25) is 0 Å². The fourth-order valence-electron chi connectivity index (χ4n) is 1.74. The molecule has 3 heteroatoms. The zero-order valence-corrected chi connectivity index (χ0v) is 12.4. The number of aryl methyl sites for hydroxylation is 1. The lowest BCUT2D eigenvalue weighted by molar-refractivity contribution is 0.307. The second kappa shape index (κ2) is 8.70. The fourth-order valence-corrected chi connectivity index (χ4v) is 1.74. The summed E-state index contributed by atoms with van der Waals surface area (Å²) in [5, 5.41) is 3.43. The maximum absolute atomic E-state index is 5.85. The number of hydrogen-bond acceptors (Lipinski definition) is 3. The predicted octanol–water partition coefficient (Wildman–Crippen LogP) is 3.48. The summed E-state index contributed by atoms with van der Waals surface area (Å²) in [6.45, 7) is 12.6. The molecule has 19 heavy (non-hydrogen) atoms. The standard InChI is InChI=1S/C16H26N2O/c1-5-6-7-8-19-16-9-14(4)18-12-15(16)11-17-10-13(2)3/h5,9,12-13,17H,1,6-8,10-11H2,2-4H3. The van der Waals surface area contributed by atoms with Crippen molar-refractivity contribution < 1.29 is 4.74 Å². The van der Waals surface area contributed by atoms with Crippen molar-refractivity contribution in [1.29, 1.82) is 0 Å². The number of unbranched alkanes of at least 4 members (excludes halogenated alkanes) is 1. The summed E-state index contributed by atoms with van der Waals surface area (Å²) < 4.78 is 5.85. The summed E-state index contributed by atoms with van der Waals surface area (Å²) in [7, 11) is 0. The van der Waals surface area contributed by atoms with E-state index in [0.717, 1.165) is 49.5 Å². The highest BCUT2D eigenvalue weighted by Crippen LogP contribution is 2.19. The molecule has 0 unspecified atom stereocenters. The largest absolute Gasteiger partial charge is 0.493 e. The molecule has 1 aromatic heterocycles. The first-order valence-corrected chi connectivity index (χ1v) is 7.03. The van der Waals surface area contributed by atoms with Gasteiger partial charge in [0.2, 0.25) is 0 Å². The monoisotopic (exact) mass is 262 g/mol. The van der Waals surface area contributed by atoms with Gasteiger partial charge in [-0.25, -0.2) is 0 Å². The van der Waals surface area contributed by atoms with Crippen LogP contribution in [-0.4, -0.2) is 18.1 Å². The van der Waals surface area contributed by atoms with Gasteiger partial charge in [0, 0.05) is 30.1 Å². The van der Waals surface area contributed by atoms with Gasteiger partial charge in [0.05, 0.1) is 6.61 Å². The van der Waals surface area contributed by atoms with Crippen molar-refractivity contribution in [3.63, 3.8) is 0 Å². The molecule has 3 nitrogen and oxygen atoms in total. The molecule has 0 amide bonds. The molecule has 1 rings (SSSR count). The molecule has 0 saturated heterocycles. The van der Waals surface area contributed by atoms with E-state index in [-0.39, 0.29) is 0 Å². The molecule has 0 bridgehead atoms. The second-order valence-corrected chi connectivity index (χ2v) is 5.24. The Morgan fingerprint density at radius 1 is 1.47 bits per heavy atom. The van der Waals surface area contributed by atoms with Gasteiger partial charge in [0.15, 0.2) is 0 Å². The minimum Gasteiger partial charge on any atom is -0.493 e. The van der Waals surface area contributed by atoms with E-state index in [4.69, 9.17) is 4.74 Å². The average molecular weight is 262 g/mol. The van der Waals surface area contributed by atoms with Gasteiger partial charge in [0.1, 0.15) is 5.75 Å². The first-order valence-electron chi connectivity index (χ1n) is 7.03. The van der Waals surface area contributed by atoms with Crippen LogP contribution in [0.4, 0.5) is 0 Å². The number of hydrogen-bond donors (Lipinski definition) is 1. The van der Waals surface area contributed by atoms with E-state index in [1.807, 2.05) is 25.3 Å². The Hall–Kier alpha value is -1.35. The molecular weight excluding hydrogens is 236 g/mol. The van der Waals surface area contributed by atoms with Crippen molar-refractivity contribution in [2.24, 2.45) is 5.92 Å². The van der Waals surface area contributed by atoms with Gasteiger partial charge in [-0.1, -0.05) is 19.9 Å². The van der Waals surface area contributed by atoms with Crippen LogP contribution in [0.15, 0.2) is 24.9 Å². The Morgan fingerprint density at radius 3 is 2.95 bits per heavy atom. The van der Waals surface area contributed by atoms with Gasteiger partial charge in [-0.05, 0) is 32.2 Å². The molecule has 1 heterocycles. The molecule has 1 N–H and O–H groups in total.